The van der Waals surface area contributed by atoms with Gasteiger partial charge >= 0.3 is 0 Å². The molecule has 0 unspecified atom stereocenters. The van der Waals surface area contributed by atoms with Crippen molar-refractivity contribution in [2.75, 3.05) is 0 Å². The molecular formula is C8H5IN2. The van der Waals surface area contributed by atoms with Crippen LogP contribution >= 0.6 is 22.6 Å². The summed E-state index contributed by atoms with van der Waals surface area (Å²) in [5.74, 6) is 0. The predicted octanol–water partition coefficient (Wildman–Crippen LogP) is 2.23. The minimum atomic E-state index is 0.813. The van der Waals surface area contributed by atoms with Crippen molar-refractivity contribution in [1.82, 2.24) is 9.97 Å². The fourth-order valence-corrected chi connectivity index (χ4v) is 1.41. The number of aromatic nitrogens is 2. The largest absolute Gasteiger partial charge is 0.237 e. The van der Waals surface area contributed by atoms with Gasteiger partial charge in [-0.05, 0) is 40.8 Å². The lowest BCUT2D eigenvalue weighted by molar-refractivity contribution is 1.28. The van der Waals surface area contributed by atoms with Crippen molar-refractivity contribution in [2.45, 2.75) is 0 Å². The number of rotatable bonds is 0. The van der Waals surface area contributed by atoms with Gasteiger partial charge in [0.15, 0.2) is 5.65 Å². The van der Waals surface area contributed by atoms with Gasteiger partial charge in [0.05, 0.1) is 0 Å². The second-order valence-corrected chi connectivity index (χ2v) is 3.45. The Morgan fingerprint density at radius 3 is 3.09 bits per heavy atom. The van der Waals surface area contributed by atoms with Gasteiger partial charge in [-0.15, -0.1) is 0 Å². The molecule has 2 nitrogen and oxygen atoms in total. The Bertz CT molecular complexity index is 387. The molecule has 0 aromatic carbocycles. The van der Waals surface area contributed by atoms with E-state index < -0.39 is 0 Å². The Morgan fingerprint density at radius 2 is 2.18 bits per heavy atom. The van der Waals surface area contributed by atoms with Crippen LogP contribution in [0.1, 0.15) is 0 Å². The quantitative estimate of drug-likeness (QED) is 0.675. The monoisotopic (exact) mass is 256 g/mol. The van der Waals surface area contributed by atoms with Gasteiger partial charge in [-0.2, -0.15) is 0 Å². The van der Waals surface area contributed by atoms with Crippen molar-refractivity contribution in [2.24, 2.45) is 0 Å². The molecule has 0 atom stereocenters. The van der Waals surface area contributed by atoms with E-state index in [0.29, 0.717) is 0 Å². The van der Waals surface area contributed by atoms with Crippen molar-refractivity contribution in [3.05, 3.63) is 34.2 Å². The van der Waals surface area contributed by atoms with Gasteiger partial charge in [-0.3, -0.25) is 0 Å². The lowest BCUT2D eigenvalue weighted by Crippen LogP contribution is -1.82. The van der Waals surface area contributed by atoms with Crippen molar-refractivity contribution < 1.29 is 0 Å². The standard InChI is InChI=1S/C8H5IN2/c9-7-4-6-2-1-3-10-8(6)11-5-7/h1-5H. The zero-order valence-corrected chi connectivity index (χ0v) is 7.82. The Hall–Kier alpha value is -0.710. The second-order valence-electron chi connectivity index (χ2n) is 2.20. The Balaban J connectivity index is 2.83. The lowest BCUT2D eigenvalue weighted by atomic mass is 10.3. The molecule has 0 aliphatic carbocycles. The van der Waals surface area contributed by atoms with E-state index in [2.05, 4.69) is 38.6 Å². The van der Waals surface area contributed by atoms with Crippen LogP contribution in [0.25, 0.3) is 11.0 Å². The third-order valence-corrected chi connectivity index (χ3v) is 2.01. The summed E-state index contributed by atoms with van der Waals surface area (Å²) in [4.78, 5) is 8.27. The van der Waals surface area contributed by atoms with Crippen LogP contribution in [0.5, 0.6) is 0 Å². The summed E-state index contributed by atoms with van der Waals surface area (Å²) in [7, 11) is 0. The van der Waals surface area contributed by atoms with Gasteiger partial charge in [0.1, 0.15) is 0 Å². The van der Waals surface area contributed by atoms with Crippen molar-refractivity contribution >= 4 is 33.6 Å². The average Bonchev–Trinajstić information content (AvgIpc) is 2.04. The zero-order valence-electron chi connectivity index (χ0n) is 5.66. The van der Waals surface area contributed by atoms with Crippen LogP contribution < -0.4 is 0 Å². The minimum absolute atomic E-state index is 0.813. The molecular weight excluding hydrogens is 251 g/mol. The number of hydrogen-bond donors (Lipinski definition) is 0. The molecule has 54 valence electrons. The SMILES string of the molecule is Ic1cnc2ncccc2c1. The summed E-state index contributed by atoms with van der Waals surface area (Å²) in [6, 6.07) is 5.99. The number of halogens is 1. The predicted molar refractivity (Wildman–Crippen MR) is 52.3 cm³/mol. The van der Waals surface area contributed by atoms with Gasteiger partial charge < -0.3 is 0 Å². The minimum Gasteiger partial charge on any atom is -0.237 e. The topological polar surface area (TPSA) is 25.8 Å². The molecule has 2 aromatic rings. The van der Waals surface area contributed by atoms with Crippen LogP contribution in [-0.2, 0) is 0 Å². The van der Waals surface area contributed by atoms with Crippen molar-refractivity contribution in [3.8, 4) is 0 Å². The highest BCUT2D eigenvalue weighted by Gasteiger charge is 1.93. The molecule has 2 heterocycles. The van der Waals surface area contributed by atoms with E-state index in [1.165, 1.54) is 0 Å². The summed E-state index contributed by atoms with van der Waals surface area (Å²) < 4.78 is 1.14. The first-order chi connectivity index (χ1) is 5.36. The molecule has 2 aromatic heterocycles. The fourth-order valence-electron chi connectivity index (χ4n) is 0.939. The molecule has 0 saturated carbocycles. The van der Waals surface area contributed by atoms with Gasteiger partial charge in [-0.1, -0.05) is 0 Å². The van der Waals surface area contributed by atoms with Crippen LogP contribution in [0.4, 0.5) is 0 Å². The summed E-state index contributed by atoms with van der Waals surface area (Å²) in [6.07, 6.45) is 3.57. The number of nitrogens with zero attached hydrogens (tertiary/aromatic N) is 2. The Morgan fingerprint density at radius 1 is 1.27 bits per heavy atom. The zero-order chi connectivity index (χ0) is 7.68. The average molecular weight is 256 g/mol. The molecule has 0 amide bonds. The first-order valence-electron chi connectivity index (χ1n) is 3.22. The Labute approximate surface area is 77.8 Å². The van der Waals surface area contributed by atoms with Crippen molar-refractivity contribution in [1.29, 1.82) is 0 Å². The molecule has 0 radical (unpaired) electrons. The van der Waals surface area contributed by atoms with Gasteiger partial charge in [0.2, 0.25) is 0 Å². The van der Waals surface area contributed by atoms with E-state index in [1.807, 2.05) is 18.3 Å². The molecule has 0 aliphatic rings. The maximum Gasteiger partial charge on any atom is 0.159 e. The lowest BCUT2D eigenvalue weighted by Gasteiger charge is -1.93. The van der Waals surface area contributed by atoms with E-state index in [4.69, 9.17) is 0 Å². The number of hydrogen-bond acceptors (Lipinski definition) is 2. The van der Waals surface area contributed by atoms with E-state index in [0.717, 1.165) is 14.6 Å². The van der Waals surface area contributed by atoms with Crippen molar-refractivity contribution in [3.63, 3.8) is 0 Å². The fraction of sp³-hybridized carbons (Fsp3) is 0. The molecule has 11 heavy (non-hydrogen) atoms. The van der Waals surface area contributed by atoms with Crippen LogP contribution in [-0.4, -0.2) is 9.97 Å². The first kappa shape index (κ1) is 6.97. The first-order valence-corrected chi connectivity index (χ1v) is 4.30. The third kappa shape index (κ3) is 1.33. The van der Waals surface area contributed by atoms with Crippen LogP contribution in [0.15, 0.2) is 30.6 Å². The van der Waals surface area contributed by atoms with Gasteiger partial charge in [0.25, 0.3) is 0 Å². The summed E-state index contributed by atoms with van der Waals surface area (Å²) in [6.45, 7) is 0. The normalized spacial score (nSPS) is 10.3. The Kier molecular flexibility index (Phi) is 1.73. The highest BCUT2D eigenvalue weighted by molar-refractivity contribution is 14.1. The van der Waals surface area contributed by atoms with Crippen LogP contribution in [0.2, 0.25) is 0 Å². The van der Waals surface area contributed by atoms with E-state index >= 15 is 0 Å². The van der Waals surface area contributed by atoms with Crippen LogP contribution in [0, 0.1) is 3.57 Å². The second kappa shape index (κ2) is 2.73. The summed E-state index contributed by atoms with van der Waals surface area (Å²) >= 11 is 2.24. The molecule has 3 heteroatoms. The van der Waals surface area contributed by atoms with E-state index in [1.54, 1.807) is 6.20 Å². The van der Waals surface area contributed by atoms with Gasteiger partial charge in [0, 0.05) is 21.4 Å². The number of fused-ring (bicyclic) bond motifs is 1. The molecule has 0 bridgehead atoms. The summed E-state index contributed by atoms with van der Waals surface area (Å²) in [5, 5.41) is 1.10. The maximum atomic E-state index is 4.16. The highest BCUT2D eigenvalue weighted by Crippen LogP contribution is 2.11. The van der Waals surface area contributed by atoms with E-state index in [-0.39, 0.29) is 0 Å². The molecule has 2 rings (SSSR count). The smallest absolute Gasteiger partial charge is 0.159 e. The van der Waals surface area contributed by atoms with Gasteiger partial charge in [-0.25, -0.2) is 9.97 Å². The number of pyridine rings is 2. The molecule has 0 fully saturated rings. The van der Waals surface area contributed by atoms with E-state index in [9.17, 15) is 0 Å². The molecule has 0 N–H and O–H groups in total. The molecule has 0 saturated heterocycles. The molecule has 0 spiro atoms. The summed E-state index contributed by atoms with van der Waals surface area (Å²) in [5.41, 5.74) is 0.813. The van der Waals surface area contributed by atoms with Crippen LogP contribution in [0.3, 0.4) is 0 Å². The molecule has 0 aliphatic heterocycles. The highest BCUT2D eigenvalue weighted by atomic mass is 127. The maximum absolute atomic E-state index is 4.16. The third-order valence-electron chi connectivity index (χ3n) is 1.42.